The average Bonchev–Trinajstić information content (AvgIpc) is 3.32. The van der Waals surface area contributed by atoms with Gasteiger partial charge >= 0.3 is 0 Å². The molecule has 6 nitrogen and oxygen atoms in total. The van der Waals surface area contributed by atoms with Crippen molar-refractivity contribution in [1.29, 1.82) is 0 Å². The number of nitrogens with one attached hydrogen (secondary N) is 1. The molecule has 0 aliphatic carbocycles. The van der Waals surface area contributed by atoms with Gasteiger partial charge in [0.2, 0.25) is 0 Å². The number of nitrogens with zero attached hydrogens (tertiary/aromatic N) is 2. The topological polar surface area (TPSA) is 65.4 Å². The molecular formula is C29H31N3O3. The molecule has 0 spiro atoms. The number of benzene rings is 3. The Hall–Kier alpha value is -4.06. The highest BCUT2D eigenvalue weighted by molar-refractivity contribution is 5.78. The van der Waals surface area contributed by atoms with Crippen LogP contribution in [0.15, 0.2) is 79.0 Å². The zero-order chi connectivity index (χ0) is 24.6. The van der Waals surface area contributed by atoms with Crippen LogP contribution >= 0.6 is 0 Å². The van der Waals surface area contributed by atoms with Crippen LogP contribution in [0.1, 0.15) is 30.0 Å². The number of para-hydroxylation sites is 1. The lowest BCUT2D eigenvalue weighted by molar-refractivity contribution is -0.123. The molecule has 6 heteroatoms. The van der Waals surface area contributed by atoms with Gasteiger partial charge in [0.1, 0.15) is 11.5 Å². The van der Waals surface area contributed by atoms with E-state index in [9.17, 15) is 4.79 Å². The second kappa shape index (κ2) is 11.4. The van der Waals surface area contributed by atoms with Crippen LogP contribution in [-0.2, 0) is 11.3 Å². The molecule has 1 aromatic heterocycles. The molecule has 0 radical (unpaired) electrons. The normalized spacial score (nSPS) is 10.7. The van der Waals surface area contributed by atoms with Gasteiger partial charge in [0.25, 0.3) is 5.91 Å². The van der Waals surface area contributed by atoms with Crippen LogP contribution < -0.4 is 14.8 Å². The lowest BCUT2D eigenvalue weighted by Gasteiger charge is -2.11. The van der Waals surface area contributed by atoms with Gasteiger partial charge in [-0.05, 0) is 73.9 Å². The number of carbonyl (C=O) groups is 1. The standard InChI is InChI=1S/C29H31N3O3/c1-4-17-34-26-15-13-23(14-16-26)29-24(19-32(31-29)25-10-6-5-7-11-25)18-30-28(33)20-35-27-12-8-9-21(2)22(27)3/h5-16,19H,4,17-18,20H2,1-3H3,(H,30,33). The minimum Gasteiger partial charge on any atom is -0.494 e. The summed E-state index contributed by atoms with van der Waals surface area (Å²) >= 11 is 0. The Kier molecular flexibility index (Phi) is 7.83. The Bertz CT molecular complexity index is 1260. The number of hydrogen-bond donors (Lipinski definition) is 1. The van der Waals surface area contributed by atoms with E-state index in [0.29, 0.717) is 13.2 Å². The number of carbonyl (C=O) groups excluding carboxylic acids is 1. The maximum absolute atomic E-state index is 12.6. The Labute approximate surface area is 206 Å². The second-order valence-corrected chi connectivity index (χ2v) is 8.42. The van der Waals surface area contributed by atoms with Gasteiger partial charge in [-0.3, -0.25) is 4.79 Å². The fourth-order valence-corrected chi connectivity index (χ4v) is 3.69. The summed E-state index contributed by atoms with van der Waals surface area (Å²) in [6.07, 6.45) is 2.91. The average molecular weight is 470 g/mol. The molecule has 0 unspecified atom stereocenters. The molecule has 180 valence electrons. The summed E-state index contributed by atoms with van der Waals surface area (Å²) in [6.45, 7) is 7.07. The molecule has 3 aromatic carbocycles. The first-order chi connectivity index (χ1) is 17.0. The lowest BCUT2D eigenvalue weighted by atomic mass is 10.1. The number of hydrogen-bond acceptors (Lipinski definition) is 4. The van der Waals surface area contributed by atoms with Crippen molar-refractivity contribution < 1.29 is 14.3 Å². The molecule has 0 aliphatic rings. The SMILES string of the molecule is CCCOc1ccc(-c2nn(-c3ccccc3)cc2CNC(=O)COc2cccc(C)c2C)cc1. The fraction of sp³-hybridized carbons (Fsp3) is 0.241. The molecule has 4 rings (SSSR count). The first-order valence-electron chi connectivity index (χ1n) is 11.9. The zero-order valence-corrected chi connectivity index (χ0v) is 20.5. The quantitative estimate of drug-likeness (QED) is 0.326. The Balaban J connectivity index is 1.50. The predicted octanol–water partition coefficient (Wildman–Crippen LogP) is 5.64. The van der Waals surface area contributed by atoms with E-state index in [1.54, 1.807) is 0 Å². The van der Waals surface area contributed by atoms with E-state index in [0.717, 1.165) is 51.6 Å². The van der Waals surface area contributed by atoms with Crippen molar-refractivity contribution in [3.05, 3.63) is 95.7 Å². The first kappa shape index (κ1) is 24.1. The van der Waals surface area contributed by atoms with Gasteiger partial charge < -0.3 is 14.8 Å². The van der Waals surface area contributed by atoms with Gasteiger partial charge in [-0.15, -0.1) is 0 Å². The van der Waals surface area contributed by atoms with E-state index in [-0.39, 0.29) is 12.5 Å². The van der Waals surface area contributed by atoms with Gasteiger partial charge in [0.15, 0.2) is 6.61 Å². The summed E-state index contributed by atoms with van der Waals surface area (Å²) < 4.78 is 13.3. The molecule has 0 saturated heterocycles. The Morgan fingerprint density at radius 2 is 1.71 bits per heavy atom. The van der Waals surface area contributed by atoms with Crippen molar-refractivity contribution in [3.8, 4) is 28.4 Å². The van der Waals surface area contributed by atoms with E-state index in [1.165, 1.54) is 0 Å². The minimum atomic E-state index is -0.187. The van der Waals surface area contributed by atoms with E-state index in [2.05, 4.69) is 12.2 Å². The van der Waals surface area contributed by atoms with Gasteiger partial charge in [-0.2, -0.15) is 5.10 Å². The van der Waals surface area contributed by atoms with Crippen LogP contribution in [-0.4, -0.2) is 28.9 Å². The van der Waals surface area contributed by atoms with E-state index in [1.807, 2.05) is 97.5 Å². The van der Waals surface area contributed by atoms with Crippen molar-refractivity contribution in [2.75, 3.05) is 13.2 Å². The number of aromatic nitrogens is 2. The number of ether oxygens (including phenoxy) is 2. The summed E-state index contributed by atoms with van der Waals surface area (Å²) in [5.74, 6) is 1.37. The maximum atomic E-state index is 12.6. The van der Waals surface area contributed by atoms with Crippen LogP contribution in [0.2, 0.25) is 0 Å². The van der Waals surface area contributed by atoms with E-state index >= 15 is 0 Å². The summed E-state index contributed by atoms with van der Waals surface area (Å²) in [5, 5.41) is 7.80. The van der Waals surface area contributed by atoms with Crippen molar-refractivity contribution in [3.63, 3.8) is 0 Å². The van der Waals surface area contributed by atoms with Crippen LogP contribution in [0.5, 0.6) is 11.5 Å². The van der Waals surface area contributed by atoms with Crippen LogP contribution in [0.4, 0.5) is 0 Å². The molecule has 0 aliphatic heterocycles. The van der Waals surface area contributed by atoms with Gasteiger partial charge in [-0.1, -0.05) is 37.3 Å². The van der Waals surface area contributed by atoms with Crippen molar-refractivity contribution in [2.45, 2.75) is 33.7 Å². The number of rotatable bonds is 10. The van der Waals surface area contributed by atoms with Crippen molar-refractivity contribution in [2.24, 2.45) is 0 Å². The number of amides is 1. The van der Waals surface area contributed by atoms with Crippen LogP contribution in [0, 0.1) is 13.8 Å². The molecule has 0 atom stereocenters. The lowest BCUT2D eigenvalue weighted by Crippen LogP contribution is -2.28. The van der Waals surface area contributed by atoms with Crippen molar-refractivity contribution in [1.82, 2.24) is 15.1 Å². The monoisotopic (exact) mass is 469 g/mol. The van der Waals surface area contributed by atoms with E-state index < -0.39 is 0 Å². The molecule has 1 N–H and O–H groups in total. The van der Waals surface area contributed by atoms with Crippen LogP contribution in [0.3, 0.4) is 0 Å². The summed E-state index contributed by atoms with van der Waals surface area (Å²) in [7, 11) is 0. The summed E-state index contributed by atoms with van der Waals surface area (Å²) in [6, 6.07) is 23.7. The molecule has 0 saturated carbocycles. The summed E-state index contributed by atoms with van der Waals surface area (Å²) in [5.41, 5.74) is 5.81. The summed E-state index contributed by atoms with van der Waals surface area (Å²) in [4.78, 5) is 12.6. The smallest absolute Gasteiger partial charge is 0.258 e. The Morgan fingerprint density at radius 1 is 0.943 bits per heavy atom. The van der Waals surface area contributed by atoms with Crippen molar-refractivity contribution >= 4 is 5.91 Å². The maximum Gasteiger partial charge on any atom is 0.258 e. The van der Waals surface area contributed by atoms with Gasteiger partial charge in [0, 0.05) is 23.9 Å². The highest BCUT2D eigenvalue weighted by Crippen LogP contribution is 2.26. The molecule has 1 heterocycles. The third-order valence-corrected chi connectivity index (χ3v) is 5.80. The third-order valence-electron chi connectivity index (χ3n) is 5.80. The van der Waals surface area contributed by atoms with Crippen LogP contribution in [0.25, 0.3) is 16.9 Å². The van der Waals surface area contributed by atoms with Gasteiger partial charge in [-0.25, -0.2) is 4.68 Å². The molecule has 0 fully saturated rings. The highest BCUT2D eigenvalue weighted by atomic mass is 16.5. The fourth-order valence-electron chi connectivity index (χ4n) is 3.69. The van der Waals surface area contributed by atoms with E-state index in [4.69, 9.17) is 14.6 Å². The van der Waals surface area contributed by atoms with Gasteiger partial charge in [0.05, 0.1) is 18.0 Å². The molecular weight excluding hydrogens is 438 g/mol. The molecule has 4 aromatic rings. The third kappa shape index (κ3) is 6.09. The molecule has 0 bridgehead atoms. The minimum absolute atomic E-state index is 0.0457. The predicted molar refractivity (Wildman–Crippen MR) is 138 cm³/mol. The first-order valence-corrected chi connectivity index (χ1v) is 11.9. The molecule has 35 heavy (non-hydrogen) atoms. The zero-order valence-electron chi connectivity index (χ0n) is 20.5. The highest BCUT2D eigenvalue weighted by Gasteiger charge is 2.14. The number of aryl methyl sites for hydroxylation is 1. The largest absolute Gasteiger partial charge is 0.494 e. The Morgan fingerprint density at radius 3 is 2.46 bits per heavy atom. The molecule has 1 amide bonds. The second-order valence-electron chi connectivity index (χ2n) is 8.42.